The van der Waals surface area contributed by atoms with Crippen LogP contribution in [0.15, 0.2) is 59.6 Å². The van der Waals surface area contributed by atoms with E-state index in [-0.39, 0.29) is 35.9 Å². The van der Waals surface area contributed by atoms with Crippen LogP contribution in [0.3, 0.4) is 0 Å². The van der Waals surface area contributed by atoms with Crippen LogP contribution in [0.25, 0.3) is 0 Å². The van der Waals surface area contributed by atoms with Crippen LogP contribution in [0, 0.1) is 5.82 Å². The highest BCUT2D eigenvalue weighted by molar-refractivity contribution is 14.0. The van der Waals surface area contributed by atoms with Gasteiger partial charge in [-0.05, 0) is 23.3 Å². The minimum absolute atomic E-state index is 0. The fraction of sp³-hybridized carbons (Fsp3) is 0.278. The SMILES string of the molecule is CN=C(NCc1ccccc1)NCC(OC)c1ccc(F)cc1.I. The Morgan fingerprint density at radius 3 is 2.33 bits per heavy atom. The zero-order valence-electron chi connectivity index (χ0n) is 13.8. The maximum absolute atomic E-state index is 13.0. The van der Waals surface area contributed by atoms with Gasteiger partial charge in [-0.25, -0.2) is 4.39 Å². The summed E-state index contributed by atoms with van der Waals surface area (Å²) in [4.78, 5) is 4.20. The van der Waals surface area contributed by atoms with Gasteiger partial charge in [-0.15, -0.1) is 24.0 Å². The zero-order chi connectivity index (χ0) is 16.5. The molecule has 0 amide bonds. The van der Waals surface area contributed by atoms with E-state index in [0.29, 0.717) is 19.0 Å². The Kier molecular flexibility index (Phi) is 9.33. The third-order valence-electron chi connectivity index (χ3n) is 3.51. The molecular weight excluding hydrogens is 420 g/mol. The molecule has 1 unspecified atom stereocenters. The summed E-state index contributed by atoms with van der Waals surface area (Å²) in [6.07, 6.45) is -0.175. The Hall–Kier alpha value is -1.67. The van der Waals surface area contributed by atoms with E-state index in [9.17, 15) is 4.39 Å². The molecule has 0 fully saturated rings. The van der Waals surface area contributed by atoms with Crippen LogP contribution in [0.2, 0.25) is 0 Å². The Morgan fingerprint density at radius 1 is 1.08 bits per heavy atom. The van der Waals surface area contributed by atoms with Crippen LogP contribution in [-0.2, 0) is 11.3 Å². The fourth-order valence-electron chi connectivity index (χ4n) is 2.21. The van der Waals surface area contributed by atoms with Crippen molar-refractivity contribution in [3.8, 4) is 0 Å². The molecule has 130 valence electrons. The van der Waals surface area contributed by atoms with Crippen LogP contribution in [0.5, 0.6) is 0 Å². The second-order valence-corrected chi connectivity index (χ2v) is 5.07. The molecule has 0 aromatic heterocycles. The summed E-state index contributed by atoms with van der Waals surface area (Å²) in [5, 5.41) is 6.47. The van der Waals surface area contributed by atoms with Crippen molar-refractivity contribution in [3.05, 3.63) is 71.5 Å². The first-order chi connectivity index (χ1) is 11.2. The van der Waals surface area contributed by atoms with Crippen molar-refractivity contribution in [2.24, 2.45) is 4.99 Å². The molecule has 0 aliphatic rings. The van der Waals surface area contributed by atoms with Crippen molar-refractivity contribution in [1.29, 1.82) is 0 Å². The molecule has 4 nitrogen and oxygen atoms in total. The molecule has 2 rings (SSSR count). The number of benzene rings is 2. The summed E-state index contributed by atoms with van der Waals surface area (Å²) in [7, 11) is 3.36. The number of hydrogen-bond acceptors (Lipinski definition) is 2. The van der Waals surface area contributed by atoms with Crippen LogP contribution in [-0.4, -0.2) is 26.7 Å². The van der Waals surface area contributed by atoms with Crippen molar-refractivity contribution in [1.82, 2.24) is 10.6 Å². The molecule has 24 heavy (non-hydrogen) atoms. The van der Waals surface area contributed by atoms with Crippen molar-refractivity contribution in [2.45, 2.75) is 12.6 Å². The minimum Gasteiger partial charge on any atom is -0.375 e. The Morgan fingerprint density at radius 2 is 1.75 bits per heavy atom. The van der Waals surface area contributed by atoms with Gasteiger partial charge in [0.05, 0.1) is 6.10 Å². The van der Waals surface area contributed by atoms with Gasteiger partial charge in [0.1, 0.15) is 5.82 Å². The van der Waals surface area contributed by atoms with Gasteiger partial charge >= 0.3 is 0 Å². The summed E-state index contributed by atoms with van der Waals surface area (Å²) >= 11 is 0. The van der Waals surface area contributed by atoms with E-state index >= 15 is 0 Å². The molecule has 0 bridgehead atoms. The molecule has 2 aromatic carbocycles. The van der Waals surface area contributed by atoms with Gasteiger partial charge in [0.15, 0.2) is 5.96 Å². The number of methoxy groups -OCH3 is 1. The molecule has 0 aliphatic carbocycles. The molecule has 0 spiro atoms. The van der Waals surface area contributed by atoms with Crippen molar-refractivity contribution >= 4 is 29.9 Å². The van der Waals surface area contributed by atoms with Crippen molar-refractivity contribution < 1.29 is 9.13 Å². The maximum Gasteiger partial charge on any atom is 0.191 e. The third kappa shape index (κ3) is 6.45. The lowest BCUT2D eigenvalue weighted by molar-refractivity contribution is 0.106. The molecule has 0 heterocycles. The predicted octanol–water partition coefficient (Wildman–Crippen LogP) is 3.50. The number of guanidine groups is 1. The van der Waals surface area contributed by atoms with E-state index in [1.54, 1.807) is 26.3 Å². The van der Waals surface area contributed by atoms with Crippen molar-refractivity contribution in [3.63, 3.8) is 0 Å². The highest BCUT2D eigenvalue weighted by Gasteiger charge is 2.11. The summed E-state index contributed by atoms with van der Waals surface area (Å²) in [5.41, 5.74) is 2.09. The maximum atomic E-state index is 13.0. The monoisotopic (exact) mass is 443 g/mol. The Labute approximate surface area is 159 Å². The smallest absolute Gasteiger partial charge is 0.191 e. The molecule has 2 aromatic rings. The van der Waals surface area contributed by atoms with Crippen LogP contribution < -0.4 is 10.6 Å². The van der Waals surface area contributed by atoms with E-state index in [1.807, 2.05) is 18.2 Å². The van der Waals surface area contributed by atoms with E-state index in [0.717, 1.165) is 5.56 Å². The summed E-state index contributed by atoms with van der Waals surface area (Å²) in [5.74, 6) is 0.440. The lowest BCUT2D eigenvalue weighted by atomic mass is 10.1. The second-order valence-electron chi connectivity index (χ2n) is 5.07. The highest BCUT2D eigenvalue weighted by atomic mass is 127. The van der Waals surface area contributed by atoms with Crippen molar-refractivity contribution in [2.75, 3.05) is 20.7 Å². The summed E-state index contributed by atoms with van der Waals surface area (Å²) in [6.45, 7) is 1.23. The van der Waals surface area contributed by atoms with E-state index in [2.05, 4.69) is 27.8 Å². The molecule has 0 saturated carbocycles. The minimum atomic E-state index is -0.253. The van der Waals surface area contributed by atoms with E-state index in [1.165, 1.54) is 17.7 Å². The average molecular weight is 443 g/mol. The first kappa shape index (κ1) is 20.4. The van der Waals surface area contributed by atoms with Crippen LogP contribution in [0.1, 0.15) is 17.2 Å². The predicted molar refractivity (Wildman–Crippen MR) is 106 cm³/mol. The van der Waals surface area contributed by atoms with Gasteiger partial charge in [0.25, 0.3) is 0 Å². The molecule has 2 N–H and O–H groups in total. The first-order valence-electron chi connectivity index (χ1n) is 7.49. The normalized spacial score (nSPS) is 12.2. The lowest BCUT2D eigenvalue weighted by Crippen LogP contribution is -2.39. The van der Waals surface area contributed by atoms with Gasteiger partial charge in [-0.2, -0.15) is 0 Å². The second kappa shape index (κ2) is 11.0. The molecule has 0 aliphatic heterocycles. The topological polar surface area (TPSA) is 45.7 Å². The number of aliphatic imine (C=N–C) groups is 1. The van der Waals surface area contributed by atoms with Gasteiger partial charge < -0.3 is 15.4 Å². The number of halogens is 2. The Bertz CT molecular complexity index is 620. The molecule has 6 heteroatoms. The summed E-state index contributed by atoms with van der Waals surface area (Å²) in [6, 6.07) is 16.4. The Balaban J connectivity index is 0.00000288. The average Bonchev–Trinajstić information content (AvgIpc) is 2.60. The van der Waals surface area contributed by atoms with Crippen LogP contribution >= 0.6 is 24.0 Å². The number of nitrogens with one attached hydrogen (secondary N) is 2. The number of rotatable bonds is 6. The fourth-order valence-corrected chi connectivity index (χ4v) is 2.21. The lowest BCUT2D eigenvalue weighted by Gasteiger charge is -2.18. The third-order valence-corrected chi connectivity index (χ3v) is 3.51. The van der Waals surface area contributed by atoms with Gasteiger partial charge in [0.2, 0.25) is 0 Å². The zero-order valence-corrected chi connectivity index (χ0v) is 16.2. The molecular formula is C18H23FIN3O. The molecule has 0 saturated heterocycles. The van der Waals surface area contributed by atoms with E-state index in [4.69, 9.17) is 4.74 Å². The number of hydrogen-bond donors (Lipinski definition) is 2. The number of ether oxygens (including phenoxy) is 1. The standard InChI is InChI=1S/C18H22FN3O.HI/c1-20-18(21-12-14-6-4-3-5-7-14)22-13-17(23-2)15-8-10-16(19)11-9-15;/h3-11,17H,12-13H2,1-2H3,(H2,20,21,22);1H. The summed E-state index contributed by atoms with van der Waals surface area (Å²) < 4.78 is 18.5. The number of nitrogens with zero attached hydrogens (tertiary/aromatic N) is 1. The van der Waals surface area contributed by atoms with E-state index < -0.39 is 0 Å². The molecule has 0 radical (unpaired) electrons. The highest BCUT2D eigenvalue weighted by Crippen LogP contribution is 2.16. The molecule has 1 atom stereocenters. The van der Waals surface area contributed by atoms with Crippen LogP contribution in [0.4, 0.5) is 4.39 Å². The van der Waals surface area contributed by atoms with Gasteiger partial charge in [-0.1, -0.05) is 42.5 Å². The first-order valence-corrected chi connectivity index (χ1v) is 7.49. The van der Waals surface area contributed by atoms with Gasteiger partial charge in [0, 0.05) is 27.2 Å². The van der Waals surface area contributed by atoms with Gasteiger partial charge in [-0.3, -0.25) is 4.99 Å². The quantitative estimate of drug-likeness (QED) is 0.408. The largest absolute Gasteiger partial charge is 0.375 e.